The molecular formula is C15H16N4O4. The summed E-state index contributed by atoms with van der Waals surface area (Å²) >= 11 is 0. The van der Waals surface area contributed by atoms with Gasteiger partial charge in [-0.2, -0.15) is 0 Å². The zero-order chi connectivity index (χ0) is 16.2. The van der Waals surface area contributed by atoms with Crippen molar-refractivity contribution in [3.63, 3.8) is 0 Å². The fraction of sp³-hybridized carbons (Fsp3) is 0.333. The maximum absolute atomic E-state index is 12.6. The summed E-state index contributed by atoms with van der Waals surface area (Å²) in [4.78, 5) is 25.1. The second-order valence-electron chi connectivity index (χ2n) is 5.22. The predicted octanol–water partition coefficient (Wildman–Crippen LogP) is 0.583. The molecule has 120 valence electrons. The van der Waals surface area contributed by atoms with Gasteiger partial charge in [-0.25, -0.2) is 4.68 Å². The predicted molar refractivity (Wildman–Crippen MR) is 79.3 cm³/mol. The van der Waals surface area contributed by atoms with Crippen LogP contribution in [0.15, 0.2) is 36.7 Å². The van der Waals surface area contributed by atoms with Crippen LogP contribution in [-0.4, -0.2) is 62.7 Å². The molecule has 0 radical (unpaired) electrons. The molecule has 1 fully saturated rings. The van der Waals surface area contributed by atoms with E-state index in [0.29, 0.717) is 18.7 Å². The summed E-state index contributed by atoms with van der Waals surface area (Å²) < 4.78 is 6.89. The Labute approximate surface area is 132 Å². The Morgan fingerprint density at radius 2 is 2.09 bits per heavy atom. The van der Waals surface area contributed by atoms with Gasteiger partial charge < -0.3 is 14.7 Å². The van der Waals surface area contributed by atoms with Crippen molar-refractivity contribution in [3.05, 3.63) is 42.2 Å². The Bertz CT molecular complexity index is 684. The van der Waals surface area contributed by atoms with Crippen LogP contribution in [0.3, 0.4) is 0 Å². The van der Waals surface area contributed by atoms with Gasteiger partial charge in [0.25, 0.3) is 5.91 Å². The number of carbonyl (C=O) groups is 2. The lowest BCUT2D eigenvalue weighted by molar-refractivity contribution is -0.139. The van der Waals surface area contributed by atoms with Crippen molar-refractivity contribution < 1.29 is 19.4 Å². The SMILES string of the molecule is O=C(O)CC1COCCN1C(=O)c1ccc(-n2ccnn2)cc1. The van der Waals surface area contributed by atoms with Crippen molar-refractivity contribution in [3.8, 4) is 5.69 Å². The molecule has 8 heteroatoms. The highest BCUT2D eigenvalue weighted by molar-refractivity contribution is 5.95. The molecule has 2 aromatic rings. The Morgan fingerprint density at radius 3 is 2.74 bits per heavy atom. The summed E-state index contributed by atoms with van der Waals surface area (Å²) in [6.45, 7) is 1.05. The number of nitrogens with zero attached hydrogens (tertiary/aromatic N) is 4. The van der Waals surface area contributed by atoms with E-state index >= 15 is 0 Å². The van der Waals surface area contributed by atoms with Gasteiger partial charge in [0.05, 0.1) is 43.8 Å². The average molecular weight is 316 g/mol. The van der Waals surface area contributed by atoms with Crippen molar-refractivity contribution in [2.24, 2.45) is 0 Å². The molecule has 1 aromatic heterocycles. The zero-order valence-electron chi connectivity index (χ0n) is 12.3. The first kappa shape index (κ1) is 15.2. The third-order valence-corrected chi connectivity index (χ3v) is 3.70. The number of benzene rings is 1. The van der Waals surface area contributed by atoms with E-state index in [2.05, 4.69) is 10.3 Å². The number of ether oxygens (including phenoxy) is 1. The number of carboxylic acid groups (broad SMARTS) is 1. The van der Waals surface area contributed by atoms with Crippen LogP contribution in [0.5, 0.6) is 0 Å². The largest absolute Gasteiger partial charge is 0.481 e. The van der Waals surface area contributed by atoms with Gasteiger partial charge in [0.2, 0.25) is 0 Å². The van der Waals surface area contributed by atoms with Crippen molar-refractivity contribution >= 4 is 11.9 Å². The van der Waals surface area contributed by atoms with E-state index in [9.17, 15) is 9.59 Å². The fourth-order valence-electron chi connectivity index (χ4n) is 2.56. The summed E-state index contributed by atoms with van der Waals surface area (Å²) in [5.41, 5.74) is 1.30. The maximum Gasteiger partial charge on any atom is 0.305 e. The van der Waals surface area contributed by atoms with E-state index in [4.69, 9.17) is 9.84 Å². The molecule has 1 unspecified atom stereocenters. The molecule has 0 aliphatic carbocycles. The van der Waals surface area contributed by atoms with Gasteiger partial charge in [0.1, 0.15) is 0 Å². The normalized spacial score (nSPS) is 17.9. The van der Waals surface area contributed by atoms with Gasteiger partial charge in [-0.3, -0.25) is 9.59 Å². The number of aromatic nitrogens is 3. The first-order valence-corrected chi connectivity index (χ1v) is 7.22. The first-order chi connectivity index (χ1) is 11.1. The van der Waals surface area contributed by atoms with E-state index in [1.54, 1.807) is 46.2 Å². The molecule has 8 nitrogen and oxygen atoms in total. The van der Waals surface area contributed by atoms with Crippen LogP contribution in [0.4, 0.5) is 0 Å². The summed E-state index contributed by atoms with van der Waals surface area (Å²) in [5, 5.41) is 16.6. The monoisotopic (exact) mass is 316 g/mol. The molecule has 1 N–H and O–H groups in total. The average Bonchev–Trinajstić information content (AvgIpc) is 3.09. The molecular weight excluding hydrogens is 300 g/mol. The van der Waals surface area contributed by atoms with Crippen LogP contribution in [0.25, 0.3) is 5.69 Å². The highest BCUT2D eigenvalue weighted by Crippen LogP contribution is 2.16. The van der Waals surface area contributed by atoms with Crippen LogP contribution in [0, 0.1) is 0 Å². The smallest absolute Gasteiger partial charge is 0.305 e. The zero-order valence-corrected chi connectivity index (χ0v) is 12.3. The highest BCUT2D eigenvalue weighted by Gasteiger charge is 2.29. The quantitative estimate of drug-likeness (QED) is 0.886. The number of carbonyl (C=O) groups excluding carboxylic acids is 1. The molecule has 2 heterocycles. The van der Waals surface area contributed by atoms with E-state index in [1.807, 2.05) is 0 Å². The van der Waals surface area contributed by atoms with Gasteiger partial charge >= 0.3 is 5.97 Å². The number of carboxylic acids is 1. The van der Waals surface area contributed by atoms with Crippen LogP contribution in [0.1, 0.15) is 16.8 Å². The minimum atomic E-state index is -0.945. The fourth-order valence-corrected chi connectivity index (χ4v) is 2.56. The van der Waals surface area contributed by atoms with Crippen LogP contribution >= 0.6 is 0 Å². The molecule has 0 spiro atoms. The standard InChI is InChI=1S/C15H16N4O4/c20-14(21)9-13-10-23-8-7-18(13)15(22)11-1-3-12(4-2-11)19-6-5-16-17-19/h1-6,13H,7-10H2,(H,20,21). The lowest BCUT2D eigenvalue weighted by atomic mass is 10.1. The van der Waals surface area contributed by atoms with Crippen LogP contribution < -0.4 is 0 Å². The molecule has 0 saturated carbocycles. The molecule has 1 aromatic carbocycles. The Balaban J connectivity index is 1.77. The van der Waals surface area contributed by atoms with E-state index in [-0.39, 0.29) is 18.9 Å². The van der Waals surface area contributed by atoms with Gasteiger partial charge in [0.15, 0.2) is 0 Å². The van der Waals surface area contributed by atoms with Crippen LogP contribution in [0.2, 0.25) is 0 Å². The molecule has 3 rings (SSSR count). The molecule has 1 aliphatic rings. The van der Waals surface area contributed by atoms with Gasteiger partial charge in [-0.1, -0.05) is 5.21 Å². The molecule has 1 atom stereocenters. The second-order valence-corrected chi connectivity index (χ2v) is 5.22. The molecule has 1 amide bonds. The minimum absolute atomic E-state index is 0.122. The molecule has 1 saturated heterocycles. The van der Waals surface area contributed by atoms with Crippen molar-refractivity contribution in [1.29, 1.82) is 0 Å². The first-order valence-electron chi connectivity index (χ1n) is 7.22. The number of aliphatic carboxylic acids is 1. The van der Waals surface area contributed by atoms with Crippen LogP contribution in [-0.2, 0) is 9.53 Å². The number of amides is 1. The van der Waals surface area contributed by atoms with Crippen molar-refractivity contribution in [2.45, 2.75) is 12.5 Å². The second kappa shape index (κ2) is 6.57. The summed E-state index contributed by atoms with van der Waals surface area (Å²) in [7, 11) is 0. The van der Waals surface area contributed by atoms with Crippen molar-refractivity contribution in [1.82, 2.24) is 19.9 Å². The molecule has 0 bridgehead atoms. The summed E-state index contributed by atoms with van der Waals surface area (Å²) in [6.07, 6.45) is 3.16. The van der Waals surface area contributed by atoms with E-state index in [1.165, 1.54) is 0 Å². The Kier molecular flexibility index (Phi) is 4.33. The summed E-state index contributed by atoms with van der Waals surface area (Å²) in [5.74, 6) is -1.13. The summed E-state index contributed by atoms with van der Waals surface area (Å²) in [6, 6.07) is 6.51. The lowest BCUT2D eigenvalue weighted by Crippen LogP contribution is -2.49. The van der Waals surface area contributed by atoms with Gasteiger partial charge in [0, 0.05) is 12.1 Å². The third-order valence-electron chi connectivity index (χ3n) is 3.70. The Morgan fingerprint density at radius 1 is 1.30 bits per heavy atom. The number of hydrogen-bond acceptors (Lipinski definition) is 5. The molecule has 23 heavy (non-hydrogen) atoms. The van der Waals surface area contributed by atoms with E-state index < -0.39 is 12.0 Å². The minimum Gasteiger partial charge on any atom is -0.481 e. The number of hydrogen-bond donors (Lipinski definition) is 1. The number of rotatable bonds is 4. The van der Waals surface area contributed by atoms with Gasteiger partial charge in [-0.05, 0) is 24.3 Å². The van der Waals surface area contributed by atoms with Gasteiger partial charge in [-0.15, -0.1) is 5.10 Å². The molecule has 1 aliphatic heterocycles. The third kappa shape index (κ3) is 3.37. The van der Waals surface area contributed by atoms with E-state index in [0.717, 1.165) is 5.69 Å². The highest BCUT2D eigenvalue weighted by atomic mass is 16.5. The topological polar surface area (TPSA) is 97.6 Å². The lowest BCUT2D eigenvalue weighted by Gasteiger charge is -2.34. The number of morpholine rings is 1. The van der Waals surface area contributed by atoms with Crippen molar-refractivity contribution in [2.75, 3.05) is 19.8 Å². The Hall–Kier alpha value is -2.74. The maximum atomic E-state index is 12.6.